The number of ketones is 1. The third kappa shape index (κ3) is 2.79. The fraction of sp³-hybridized carbons (Fsp3) is 0.457. The lowest BCUT2D eigenvalue weighted by Gasteiger charge is -2.65. The predicted octanol–water partition coefficient (Wildman–Crippen LogP) is 6.97. The van der Waals surface area contributed by atoms with Crippen LogP contribution in [0, 0.1) is 46.3 Å². The molecule has 0 amide bonds. The number of Topliss-reactive ketones (excluding diaryl/α,β-unsaturated/α-hetero) is 1. The van der Waals surface area contributed by atoms with Crippen LogP contribution in [-0.4, -0.2) is 25.3 Å². The molecule has 9 rings (SSSR count). The van der Waals surface area contributed by atoms with Gasteiger partial charge in [0, 0.05) is 12.5 Å². The minimum Gasteiger partial charge on any atom is -0.353 e. The van der Waals surface area contributed by atoms with E-state index < -0.39 is 10.8 Å². The highest BCUT2D eigenvalue weighted by Gasteiger charge is 2.81. The number of carbonyl (C=O) groups excluding carboxylic acids is 1. The maximum absolute atomic E-state index is 14.7. The summed E-state index contributed by atoms with van der Waals surface area (Å²) in [6.07, 6.45) is 10.6. The molecule has 0 spiro atoms. The van der Waals surface area contributed by atoms with Crippen LogP contribution in [0.5, 0.6) is 0 Å². The van der Waals surface area contributed by atoms with Crippen molar-refractivity contribution < 1.29 is 14.3 Å². The van der Waals surface area contributed by atoms with E-state index in [9.17, 15) is 4.79 Å². The van der Waals surface area contributed by atoms with Gasteiger partial charge in [0.1, 0.15) is 0 Å². The average molecular weight is 505 g/mol. The van der Waals surface area contributed by atoms with Gasteiger partial charge in [-0.2, -0.15) is 0 Å². The van der Waals surface area contributed by atoms with Crippen molar-refractivity contribution in [3.8, 4) is 0 Å². The maximum Gasteiger partial charge on any atom is 0.158 e. The van der Waals surface area contributed by atoms with Gasteiger partial charge in [-0.05, 0) is 90.5 Å². The first-order valence-corrected chi connectivity index (χ1v) is 14.6. The van der Waals surface area contributed by atoms with E-state index in [0.29, 0.717) is 47.9 Å². The first-order valence-electron chi connectivity index (χ1n) is 14.6. The van der Waals surface area contributed by atoms with Gasteiger partial charge in [-0.15, -0.1) is 0 Å². The molecule has 0 aromatic heterocycles. The number of carbonyl (C=O) groups is 1. The van der Waals surface area contributed by atoms with Crippen molar-refractivity contribution in [1.29, 1.82) is 0 Å². The number of benzene rings is 2. The Kier molecular flexibility index (Phi) is 4.96. The second kappa shape index (κ2) is 8.13. The fourth-order valence-corrected chi connectivity index (χ4v) is 9.86. The molecule has 38 heavy (non-hydrogen) atoms. The van der Waals surface area contributed by atoms with E-state index in [4.69, 9.17) is 9.47 Å². The van der Waals surface area contributed by atoms with Crippen molar-refractivity contribution in [2.75, 3.05) is 13.2 Å². The van der Waals surface area contributed by atoms with Crippen LogP contribution in [0.15, 0.2) is 84.5 Å². The first kappa shape index (κ1) is 23.2. The number of allylic oxidation sites excluding steroid dienone is 5. The van der Waals surface area contributed by atoms with Crippen molar-refractivity contribution in [3.05, 3.63) is 95.6 Å². The van der Waals surface area contributed by atoms with Crippen molar-refractivity contribution in [1.82, 2.24) is 0 Å². The quantitative estimate of drug-likeness (QED) is 0.413. The van der Waals surface area contributed by atoms with Crippen LogP contribution in [0.2, 0.25) is 0 Å². The van der Waals surface area contributed by atoms with Gasteiger partial charge < -0.3 is 9.47 Å². The summed E-state index contributed by atoms with van der Waals surface area (Å²) < 4.78 is 12.1. The molecule has 2 saturated carbocycles. The molecule has 0 unspecified atom stereocenters. The Labute approximate surface area is 225 Å². The summed E-state index contributed by atoms with van der Waals surface area (Å²) >= 11 is 0. The summed E-state index contributed by atoms with van der Waals surface area (Å²) in [6, 6.07) is 21.5. The van der Waals surface area contributed by atoms with E-state index in [1.165, 1.54) is 34.3 Å². The van der Waals surface area contributed by atoms with Gasteiger partial charge in [-0.1, -0.05) is 78.9 Å². The molecule has 2 aromatic carbocycles. The molecule has 2 aromatic rings. The SMILES string of the molecule is C[C@]12C(=O)[C@](C)(C(c3ccccc3)=C1c1ccccc1)[C@@H]1[C@H]3[C@H]4C=C[C@@H](C(CO[C@@H]5CCCCO5)=C4)[C@H]3[C@H]12. The van der Waals surface area contributed by atoms with Gasteiger partial charge in [0.15, 0.2) is 12.1 Å². The third-order valence-corrected chi connectivity index (χ3v) is 11.2. The molecule has 4 bridgehead atoms. The minimum atomic E-state index is -0.475. The lowest BCUT2D eigenvalue weighted by molar-refractivity contribution is -0.161. The molecule has 0 radical (unpaired) electrons. The van der Waals surface area contributed by atoms with Crippen LogP contribution in [0.3, 0.4) is 0 Å². The molecule has 7 aliphatic rings. The standard InChI is InChI=1S/C35H36O3/c1-34-29(21-11-5-3-6-12-21)30(22-13-7-4-8-14-22)35(2,33(34)36)32-28-25-17-16-23(27(28)31(32)34)19-24(25)20-38-26-15-9-10-18-37-26/h3-8,11-14,16-17,19,23,25-28,31-32H,9-10,15,18,20H2,1-2H3/t23-,25-,26+,27-,28+,31+,32+,34+,35-/m0/s1. The van der Waals surface area contributed by atoms with E-state index >= 15 is 0 Å². The summed E-state index contributed by atoms with van der Waals surface area (Å²) in [7, 11) is 0. The number of ether oxygens (including phenoxy) is 2. The predicted molar refractivity (Wildman–Crippen MR) is 149 cm³/mol. The van der Waals surface area contributed by atoms with Crippen molar-refractivity contribution in [3.63, 3.8) is 0 Å². The fourth-order valence-electron chi connectivity index (χ4n) is 9.86. The zero-order valence-electron chi connectivity index (χ0n) is 22.3. The Hall–Kier alpha value is -2.75. The molecule has 0 N–H and O–H groups in total. The summed E-state index contributed by atoms with van der Waals surface area (Å²) in [5.41, 5.74) is 5.45. The minimum absolute atomic E-state index is 0.0689. The van der Waals surface area contributed by atoms with Crippen molar-refractivity contribution >= 4 is 16.9 Å². The van der Waals surface area contributed by atoms with Gasteiger partial charge in [-0.3, -0.25) is 4.79 Å². The van der Waals surface area contributed by atoms with Crippen LogP contribution in [-0.2, 0) is 14.3 Å². The van der Waals surface area contributed by atoms with E-state index in [-0.39, 0.29) is 6.29 Å². The molecule has 3 fully saturated rings. The van der Waals surface area contributed by atoms with Gasteiger partial charge in [-0.25, -0.2) is 0 Å². The van der Waals surface area contributed by atoms with Crippen LogP contribution < -0.4 is 0 Å². The van der Waals surface area contributed by atoms with Crippen LogP contribution in [0.4, 0.5) is 0 Å². The Morgan fingerprint density at radius 3 is 2.08 bits per heavy atom. The lowest BCUT2D eigenvalue weighted by atomic mass is 9.37. The Balaban J connectivity index is 1.21. The highest BCUT2D eigenvalue weighted by molar-refractivity contribution is 6.23. The van der Waals surface area contributed by atoms with E-state index in [1.807, 2.05) is 0 Å². The van der Waals surface area contributed by atoms with Crippen LogP contribution in [0.1, 0.15) is 44.2 Å². The molecule has 3 nitrogen and oxygen atoms in total. The first-order chi connectivity index (χ1) is 18.5. The third-order valence-electron chi connectivity index (χ3n) is 11.2. The number of hydrogen-bond acceptors (Lipinski definition) is 3. The van der Waals surface area contributed by atoms with Gasteiger partial charge >= 0.3 is 0 Å². The molecule has 1 aliphatic heterocycles. The molecular formula is C35H36O3. The van der Waals surface area contributed by atoms with Gasteiger partial charge in [0.25, 0.3) is 0 Å². The van der Waals surface area contributed by atoms with Crippen molar-refractivity contribution in [2.45, 2.75) is 39.4 Å². The normalized spacial score (nSPS) is 42.1. The monoisotopic (exact) mass is 504 g/mol. The molecule has 3 heteroatoms. The number of rotatable bonds is 5. The Bertz CT molecular complexity index is 1380. The van der Waals surface area contributed by atoms with E-state index in [0.717, 1.165) is 19.4 Å². The molecule has 9 atom stereocenters. The molecule has 1 saturated heterocycles. The van der Waals surface area contributed by atoms with E-state index in [1.54, 1.807) is 0 Å². The maximum atomic E-state index is 14.7. The van der Waals surface area contributed by atoms with E-state index in [2.05, 4.69) is 92.7 Å². The summed E-state index contributed by atoms with van der Waals surface area (Å²) in [4.78, 5) is 14.7. The zero-order valence-corrected chi connectivity index (χ0v) is 22.3. The topological polar surface area (TPSA) is 35.5 Å². The molecular weight excluding hydrogens is 468 g/mol. The Morgan fingerprint density at radius 2 is 1.47 bits per heavy atom. The summed E-state index contributed by atoms with van der Waals surface area (Å²) in [5.74, 6) is 2.96. The second-order valence-electron chi connectivity index (χ2n) is 12.8. The molecule has 194 valence electrons. The number of hydrogen-bond donors (Lipinski definition) is 0. The average Bonchev–Trinajstić information content (AvgIpc) is 3.21. The highest BCUT2D eigenvalue weighted by atomic mass is 16.7. The number of fused-ring (bicyclic) bond motifs is 5. The molecule has 1 heterocycles. The molecule has 6 aliphatic carbocycles. The lowest BCUT2D eigenvalue weighted by Crippen LogP contribution is -2.62. The second-order valence-corrected chi connectivity index (χ2v) is 12.8. The van der Waals surface area contributed by atoms with Crippen molar-refractivity contribution in [2.24, 2.45) is 46.3 Å². The smallest absolute Gasteiger partial charge is 0.158 e. The summed E-state index contributed by atoms with van der Waals surface area (Å²) in [6.45, 7) is 6.03. The Morgan fingerprint density at radius 1 is 0.842 bits per heavy atom. The zero-order chi connectivity index (χ0) is 25.6. The highest BCUT2D eigenvalue weighted by Crippen LogP contribution is 2.82. The van der Waals surface area contributed by atoms with Crippen LogP contribution >= 0.6 is 0 Å². The van der Waals surface area contributed by atoms with Gasteiger partial charge in [0.2, 0.25) is 0 Å². The van der Waals surface area contributed by atoms with Gasteiger partial charge in [0.05, 0.1) is 17.4 Å². The van der Waals surface area contributed by atoms with Crippen LogP contribution in [0.25, 0.3) is 11.1 Å². The largest absolute Gasteiger partial charge is 0.353 e. The summed E-state index contributed by atoms with van der Waals surface area (Å²) in [5, 5.41) is 0.